The standard InChI is InChI=1S/C26H33N3O7/c1-11(2)9-28-10-12-5-6-16(30)18-14(12)7-13-8-15-20(29(3)4)22(32)19(25(27)35)24(34)26(15,36)23(33)17(13)21(18)31/h5-6,11,13,15,20,28,30-31,34,36H,7-10H2,1-4H3,(H2,27,35)/t13-,15-,20?,26+/m1/s1. The summed E-state index contributed by atoms with van der Waals surface area (Å²) in [5.41, 5.74) is 3.37. The molecule has 0 aliphatic heterocycles. The van der Waals surface area contributed by atoms with E-state index in [9.17, 15) is 34.8 Å². The van der Waals surface area contributed by atoms with Crippen molar-refractivity contribution in [3.8, 4) is 5.75 Å². The maximum Gasteiger partial charge on any atom is 0.255 e. The maximum absolute atomic E-state index is 13.8. The molecule has 0 spiro atoms. The molecule has 0 aromatic heterocycles. The first-order valence-electron chi connectivity index (χ1n) is 12.0. The zero-order valence-electron chi connectivity index (χ0n) is 20.8. The molecule has 1 aromatic rings. The number of Topliss-reactive ketones (excluding diaryl/α,β-unsaturated/α-hetero) is 2. The highest BCUT2D eigenvalue weighted by Crippen LogP contribution is 2.52. The van der Waals surface area contributed by atoms with Crippen LogP contribution in [0.2, 0.25) is 0 Å². The fourth-order valence-electron chi connectivity index (χ4n) is 5.97. The summed E-state index contributed by atoms with van der Waals surface area (Å²) in [7, 11) is 3.15. The van der Waals surface area contributed by atoms with Crippen LogP contribution in [0.4, 0.5) is 0 Å². The van der Waals surface area contributed by atoms with Gasteiger partial charge in [-0.3, -0.25) is 19.3 Å². The van der Waals surface area contributed by atoms with E-state index < -0.39 is 58.0 Å². The molecule has 10 heteroatoms. The van der Waals surface area contributed by atoms with Crippen molar-refractivity contribution in [3.63, 3.8) is 0 Å². The van der Waals surface area contributed by atoms with Crippen molar-refractivity contribution in [1.82, 2.24) is 10.2 Å². The van der Waals surface area contributed by atoms with Crippen LogP contribution in [0.15, 0.2) is 29.0 Å². The van der Waals surface area contributed by atoms with Gasteiger partial charge in [-0.1, -0.05) is 19.9 Å². The van der Waals surface area contributed by atoms with Gasteiger partial charge in [0.15, 0.2) is 11.4 Å². The molecule has 0 saturated heterocycles. The number of aromatic hydroxyl groups is 1. The van der Waals surface area contributed by atoms with E-state index in [2.05, 4.69) is 19.2 Å². The van der Waals surface area contributed by atoms with E-state index in [1.165, 1.54) is 11.0 Å². The molecule has 0 radical (unpaired) electrons. The molecule has 194 valence electrons. The molecule has 0 bridgehead atoms. The minimum atomic E-state index is -2.63. The van der Waals surface area contributed by atoms with Crippen LogP contribution in [-0.2, 0) is 27.3 Å². The van der Waals surface area contributed by atoms with Gasteiger partial charge < -0.3 is 31.5 Å². The molecule has 3 aliphatic carbocycles. The van der Waals surface area contributed by atoms with Crippen molar-refractivity contribution in [3.05, 3.63) is 45.7 Å². The third-order valence-electron chi connectivity index (χ3n) is 7.57. The van der Waals surface area contributed by atoms with Gasteiger partial charge >= 0.3 is 0 Å². The lowest BCUT2D eigenvalue weighted by Crippen LogP contribution is -2.65. The fraction of sp³-hybridized carbons (Fsp3) is 0.500. The van der Waals surface area contributed by atoms with Crippen molar-refractivity contribution in [2.45, 2.75) is 44.9 Å². The molecule has 1 amide bonds. The Balaban J connectivity index is 1.88. The second kappa shape index (κ2) is 9.02. The van der Waals surface area contributed by atoms with E-state index in [-0.39, 0.29) is 29.7 Å². The van der Waals surface area contributed by atoms with Crippen LogP contribution in [0, 0.1) is 17.8 Å². The summed E-state index contributed by atoms with van der Waals surface area (Å²) in [4.78, 5) is 40.4. The summed E-state index contributed by atoms with van der Waals surface area (Å²) in [6.45, 7) is 5.41. The summed E-state index contributed by atoms with van der Waals surface area (Å²) >= 11 is 0. The molecule has 7 N–H and O–H groups in total. The molecule has 1 fully saturated rings. The second-order valence-electron chi connectivity index (χ2n) is 10.6. The minimum absolute atomic E-state index is 0.0697. The van der Waals surface area contributed by atoms with Gasteiger partial charge in [-0.05, 0) is 62.5 Å². The number of fused-ring (bicyclic) bond motifs is 3. The Kier molecular flexibility index (Phi) is 6.48. The summed E-state index contributed by atoms with van der Waals surface area (Å²) in [5, 5.41) is 47.7. The number of ketones is 2. The SMILES string of the molecule is CC(C)CNCc1ccc(O)c2c1C[C@@H]1C[C@@H]3C(N(C)C)C(=O)C(C(N)=O)=C(O)[C@@]3(O)C(=O)C1=C2O. The Labute approximate surface area is 209 Å². The average molecular weight is 500 g/mol. The molecule has 4 rings (SSSR count). The van der Waals surface area contributed by atoms with Crippen LogP contribution < -0.4 is 11.1 Å². The number of hydrogen-bond donors (Lipinski definition) is 6. The van der Waals surface area contributed by atoms with Gasteiger partial charge in [0.1, 0.15) is 22.8 Å². The van der Waals surface area contributed by atoms with Gasteiger partial charge in [0.25, 0.3) is 5.91 Å². The number of benzene rings is 1. The second-order valence-corrected chi connectivity index (χ2v) is 10.6. The van der Waals surface area contributed by atoms with Gasteiger partial charge in [-0.25, -0.2) is 0 Å². The molecule has 0 heterocycles. The fourth-order valence-corrected chi connectivity index (χ4v) is 5.97. The van der Waals surface area contributed by atoms with Crippen molar-refractivity contribution in [2.75, 3.05) is 20.6 Å². The first-order chi connectivity index (χ1) is 16.8. The van der Waals surface area contributed by atoms with Gasteiger partial charge in [-0.2, -0.15) is 0 Å². The number of phenols is 1. The summed E-state index contributed by atoms with van der Waals surface area (Å²) in [5.74, 6) is -6.06. The number of primary amides is 1. The maximum atomic E-state index is 13.8. The molecule has 1 unspecified atom stereocenters. The van der Waals surface area contributed by atoms with Crippen LogP contribution in [-0.4, -0.2) is 75.1 Å². The van der Waals surface area contributed by atoms with Crippen LogP contribution in [0.5, 0.6) is 5.75 Å². The Morgan fingerprint density at radius 3 is 2.47 bits per heavy atom. The van der Waals surface area contributed by atoms with E-state index in [0.29, 0.717) is 18.0 Å². The van der Waals surface area contributed by atoms with E-state index in [4.69, 9.17) is 5.73 Å². The van der Waals surface area contributed by atoms with Crippen LogP contribution in [0.25, 0.3) is 5.76 Å². The van der Waals surface area contributed by atoms with Crippen LogP contribution in [0.3, 0.4) is 0 Å². The molecule has 4 atom stereocenters. The predicted octanol–water partition coefficient (Wildman–Crippen LogP) is 0.710. The third-order valence-corrected chi connectivity index (χ3v) is 7.57. The first kappa shape index (κ1) is 25.9. The Hall–Kier alpha value is -3.21. The van der Waals surface area contributed by atoms with Gasteiger partial charge in [-0.15, -0.1) is 0 Å². The summed E-state index contributed by atoms with van der Waals surface area (Å²) < 4.78 is 0. The topological polar surface area (TPSA) is 173 Å². The van der Waals surface area contributed by atoms with E-state index >= 15 is 0 Å². The van der Waals surface area contributed by atoms with Crippen molar-refractivity contribution in [1.29, 1.82) is 0 Å². The molecule has 1 aromatic carbocycles. The largest absolute Gasteiger partial charge is 0.508 e. The van der Waals surface area contributed by atoms with Crippen molar-refractivity contribution in [2.24, 2.45) is 23.5 Å². The average Bonchev–Trinajstić information content (AvgIpc) is 2.77. The third kappa shape index (κ3) is 3.71. The van der Waals surface area contributed by atoms with Crippen LogP contribution in [0.1, 0.15) is 37.0 Å². The van der Waals surface area contributed by atoms with Crippen molar-refractivity contribution >= 4 is 23.2 Å². The highest BCUT2D eigenvalue weighted by molar-refractivity contribution is 6.24. The number of carbonyl (C=O) groups is 3. The number of nitrogens with one attached hydrogen (secondary N) is 1. The number of aliphatic hydroxyl groups excluding tert-OH is 2. The zero-order chi connectivity index (χ0) is 26.7. The lowest BCUT2D eigenvalue weighted by Gasteiger charge is -2.50. The monoisotopic (exact) mass is 499 g/mol. The number of rotatable bonds is 6. The number of hydrogen-bond acceptors (Lipinski definition) is 9. The number of likely N-dealkylation sites (N-methyl/N-ethyl adjacent to an activating group) is 1. The zero-order valence-corrected chi connectivity index (χ0v) is 20.8. The lowest BCUT2D eigenvalue weighted by molar-refractivity contribution is -0.153. The normalized spacial score (nSPS) is 27.9. The van der Waals surface area contributed by atoms with Gasteiger partial charge in [0.05, 0.1) is 11.6 Å². The smallest absolute Gasteiger partial charge is 0.255 e. The molecular formula is C26H33N3O7. The number of amides is 1. The highest BCUT2D eigenvalue weighted by atomic mass is 16.3. The molecule has 1 saturated carbocycles. The molecule has 36 heavy (non-hydrogen) atoms. The quantitative estimate of drug-likeness (QED) is 0.308. The number of nitrogens with zero attached hydrogens (tertiary/aromatic N) is 1. The molecular weight excluding hydrogens is 466 g/mol. The molecule has 3 aliphatic rings. The number of nitrogens with two attached hydrogens (primary N) is 1. The number of aliphatic hydroxyl groups is 3. The van der Waals surface area contributed by atoms with E-state index in [1.54, 1.807) is 20.2 Å². The summed E-state index contributed by atoms with van der Waals surface area (Å²) in [6.07, 6.45) is 0.349. The lowest BCUT2D eigenvalue weighted by atomic mass is 9.57. The van der Waals surface area contributed by atoms with Gasteiger partial charge in [0, 0.05) is 18.0 Å². The number of carbonyl (C=O) groups excluding carboxylic acids is 3. The minimum Gasteiger partial charge on any atom is -0.508 e. The van der Waals surface area contributed by atoms with Crippen LogP contribution >= 0.6 is 0 Å². The summed E-state index contributed by atoms with van der Waals surface area (Å²) in [6, 6.07) is 2.11. The predicted molar refractivity (Wildman–Crippen MR) is 131 cm³/mol. The van der Waals surface area contributed by atoms with E-state index in [1.807, 2.05) is 0 Å². The van der Waals surface area contributed by atoms with E-state index in [0.717, 1.165) is 12.1 Å². The Bertz CT molecular complexity index is 1220. The van der Waals surface area contributed by atoms with Crippen molar-refractivity contribution < 1.29 is 34.8 Å². The Morgan fingerprint density at radius 2 is 1.89 bits per heavy atom. The number of phenolic OH excluding ortho intramolecular Hbond substituents is 1. The first-order valence-corrected chi connectivity index (χ1v) is 12.0. The van der Waals surface area contributed by atoms with Gasteiger partial charge in [0.2, 0.25) is 5.78 Å². The highest BCUT2D eigenvalue weighted by Gasteiger charge is 2.64. The molecule has 10 nitrogen and oxygen atoms in total. The Morgan fingerprint density at radius 1 is 1.22 bits per heavy atom.